The molecule has 0 aliphatic heterocycles. The van der Waals surface area contributed by atoms with E-state index in [9.17, 15) is 9.59 Å². The molecule has 0 saturated carbocycles. The van der Waals surface area contributed by atoms with Gasteiger partial charge in [-0.1, -0.05) is 0 Å². The number of aromatic nitrogens is 2. The number of hydrogen-bond acceptors (Lipinski definition) is 5. The van der Waals surface area contributed by atoms with Crippen LogP contribution >= 0.6 is 31.9 Å². The Bertz CT molecular complexity index is 751. The largest absolute Gasteiger partial charge is 0.461 e. The number of nitrogens with zero attached hydrogens (tertiary/aromatic N) is 2. The number of hydrogen-bond donors (Lipinski definition) is 1. The quantitative estimate of drug-likeness (QED) is 0.709. The van der Waals surface area contributed by atoms with Crippen molar-refractivity contribution in [3.63, 3.8) is 0 Å². The van der Waals surface area contributed by atoms with Gasteiger partial charge in [0, 0.05) is 21.3 Å². The van der Waals surface area contributed by atoms with E-state index in [1.165, 1.54) is 0 Å². The van der Waals surface area contributed by atoms with Crippen molar-refractivity contribution in [1.29, 1.82) is 0 Å². The summed E-state index contributed by atoms with van der Waals surface area (Å²) in [7, 11) is 0. The first kappa shape index (κ1) is 20.2. The third kappa shape index (κ3) is 6.01. The molecule has 0 fully saturated rings. The molecule has 0 aliphatic rings. The van der Waals surface area contributed by atoms with Gasteiger partial charge in [-0.15, -0.1) is 0 Å². The van der Waals surface area contributed by atoms with Crippen LogP contribution in [-0.4, -0.2) is 28.5 Å². The summed E-state index contributed by atoms with van der Waals surface area (Å²) < 4.78 is 6.54. The lowest BCUT2D eigenvalue weighted by Crippen LogP contribution is -2.14. The molecule has 0 spiro atoms. The summed E-state index contributed by atoms with van der Waals surface area (Å²) >= 11 is 6.50. The van der Waals surface area contributed by atoms with Crippen molar-refractivity contribution in [3.8, 4) is 0 Å². The molecule has 0 aromatic carbocycles. The normalized spacial score (nSPS) is 9.71. The number of carbonyl (C=O) groups excluding carboxylic acids is 2. The van der Waals surface area contributed by atoms with Crippen LogP contribution in [0.5, 0.6) is 0 Å². The van der Waals surface area contributed by atoms with Gasteiger partial charge in [0.15, 0.2) is 5.69 Å². The fourth-order valence-corrected chi connectivity index (χ4v) is 2.64. The molecule has 128 valence electrons. The second-order valence-electron chi connectivity index (χ2n) is 4.72. The Kier molecular flexibility index (Phi) is 8.00. The molecule has 0 bridgehead atoms. The van der Waals surface area contributed by atoms with E-state index in [2.05, 4.69) is 41.8 Å². The summed E-state index contributed by atoms with van der Waals surface area (Å²) in [4.78, 5) is 29.8. The van der Waals surface area contributed by atoms with Crippen molar-refractivity contribution in [2.75, 3.05) is 6.61 Å². The SMILES string of the molecule is CCOC(=O)c1ncc(Br)cc1C.Cc1cc(Br)cnc1C(N)=O. The van der Waals surface area contributed by atoms with Crippen LogP contribution in [0.15, 0.2) is 33.5 Å². The van der Waals surface area contributed by atoms with Crippen LogP contribution < -0.4 is 5.73 Å². The molecule has 8 heteroatoms. The lowest BCUT2D eigenvalue weighted by Gasteiger charge is -2.03. The van der Waals surface area contributed by atoms with E-state index < -0.39 is 5.91 Å². The third-order valence-corrected chi connectivity index (χ3v) is 3.66. The number of esters is 1. The summed E-state index contributed by atoms with van der Waals surface area (Å²) in [6.45, 7) is 5.75. The lowest BCUT2D eigenvalue weighted by atomic mass is 10.2. The number of rotatable bonds is 3. The Morgan fingerprint density at radius 1 is 1.04 bits per heavy atom. The lowest BCUT2D eigenvalue weighted by molar-refractivity contribution is 0.0518. The van der Waals surface area contributed by atoms with E-state index in [4.69, 9.17) is 10.5 Å². The van der Waals surface area contributed by atoms with Gasteiger partial charge in [-0.25, -0.2) is 14.8 Å². The molecule has 2 aromatic rings. The summed E-state index contributed by atoms with van der Waals surface area (Å²) in [5, 5.41) is 0. The molecule has 0 aliphatic carbocycles. The molecule has 0 unspecified atom stereocenters. The number of ether oxygens (including phenoxy) is 1. The molecule has 2 N–H and O–H groups in total. The number of nitrogens with two attached hydrogens (primary N) is 1. The van der Waals surface area contributed by atoms with Crippen LogP contribution in [-0.2, 0) is 4.74 Å². The summed E-state index contributed by atoms with van der Waals surface area (Å²) in [5.41, 5.74) is 7.35. The molecule has 0 saturated heterocycles. The second kappa shape index (κ2) is 9.48. The Morgan fingerprint density at radius 2 is 1.50 bits per heavy atom. The fraction of sp³-hybridized carbons (Fsp3) is 0.250. The summed E-state index contributed by atoms with van der Waals surface area (Å²) in [6.07, 6.45) is 3.13. The van der Waals surface area contributed by atoms with Gasteiger partial charge < -0.3 is 10.5 Å². The minimum absolute atomic E-state index is 0.327. The Balaban J connectivity index is 0.000000243. The van der Waals surface area contributed by atoms with Crippen molar-refractivity contribution in [2.24, 2.45) is 5.73 Å². The minimum Gasteiger partial charge on any atom is -0.461 e. The van der Waals surface area contributed by atoms with Gasteiger partial charge in [0.25, 0.3) is 5.91 Å². The Morgan fingerprint density at radius 3 is 1.88 bits per heavy atom. The highest BCUT2D eigenvalue weighted by Gasteiger charge is 2.11. The van der Waals surface area contributed by atoms with Crippen LogP contribution in [0.25, 0.3) is 0 Å². The second-order valence-corrected chi connectivity index (χ2v) is 6.55. The zero-order chi connectivity index (χ0) is 18.3. The van der Waals surface area contributed by atoms with Crippen LogP contribution in [0, 0.1) is 13.8 Å². The van der Waals surface area contributed by atoms with Crippen molar-refractivity contribution in [1.82, 2.24) is 9.97 Å². The van der Waals surface area contributed by atoms with E-state index in [0.29, 0.717) is 18.0 Å². The number of halogens is 2. The maximum Gasteiger partial charge on any atom is 0.357 e. The van der Waals surface area contributed by atoms with Gasteiger partial charge >= 0.3 is 5.97 Å². The molecule has 24 heavy (non-hydrogen) atoms. The average Bonchev–Trinajstić information content (AvgIpc) is 2.47. The molecule has 2 heterocycles. The van der Waals surface area contributed by atoms with E-state index in [1.807, 2.05) is 13.0 Å². The van der Waals surface area contributed by atoms with E-state index >= 15 is 0 Å². The van der Waals surface area contributed by atoms with Crippen molar-refractivity contribution in [3.05, 3.63) is 56.0 Å². The first-order valence-corrected chi connectivity index (χ1v) is 8.56. The number of primary amides is 1. The highest BCUT2D eigenvalue weighted by Crippen LogP contribution is 2.13. The predicted molar refractivity (Wildman–Crippen MR) is 97.8 cm³/mol. The smallest absolute Gasteiger partial charge is 0.357 e. The molecular formula is C16H17Br2N3O3. The zero-order valence-electron chi connectivity index (χ0n) is 13.5. The van der Waals surface area contributed by atoms with Gasteiger partial charge in [-0.05, 0) is 75.9 Å². The van der Waals surface area contributed by atoms with Crippen LogP contribution in [0.4, 0.5) is 0 Å². The number of pyridine rings is 2. The van der Waals surface area contributed by atoms with Gasteiger partial charge in [0.05, 0.1) is 6.61 Å². The predicted octanol–water partition coefficient (Wildman–Crippen LogP) is 3.58. The van der Waals surface area contributed by atoms with Gasteiger partial charge in [-0.2, -0.15) is 0 Å². The highest BCUT2D eigenvalue weighted by molar-refractivity contribution is 9.10. The van der Waals surface area contributed by atoms with E-state index in [-0.39, 0.29) is 5.97 Å². The van der Waals surface area contributed by atoms with Crippen molar-refractivity contribution in [2.45, 2.75) is 20.8 Å². The molecule has 2 aromatic heterocycles. The topological polar surface area (TPSA) is 95.2 Å². The van der Waals surface area contributed by atoms with Crippen molar-refractivity contribution >= 4 is 43.7 Å². The first-order valence-electron chi connectivity index (χ1n) is 6.97. The van der Waals surface area contributed by atoms with Crippen LogP contribution in [0.2, 0.25) is 0 Å². The van der Waals surface area contributed by atoms with E-state index in [0.717, 1.165) is 20.1 Å². The molecule has 6 nitrogen and oxygen atoms in total. The Hall–Kier alpha value is -1.80. The molecule has 0 atom stereocenters. The standard InChI is InChI=1S/C9H10BrNO2.C7H7BrN2O/c1-3-13-9(12)8-6(2)4-7(10)5-11-8;1-4-2-5(8)3-10-6(4)7(9)11/h4-5H,3H2,1-2H3;2-3H,1H3,(H2,9,11). The summed E-state index contributed by atoms with van der Waals surface area (Å²) in [6, 6.07) is 3.63. The number of carbonyl (C=O) groups is 2. The maximum atomic E-state index is 11.3. The first-order chi connectivity index (χ1) is 11.3. The van der Waals surface area contributed by atoms with Gasteiger partial charge in [0.2, 0.25) is 0 Å². The number of amides is 1. The zero-order valence-corrected chi connectivity index (χ0v) is 16.6. The van der Waals surface area contributed by atoms with Crippen LogP contribution in [0.3, 0.4) is 0 Å². The molecule has 1 amide bonds. The molecule has 0 radical (unpaired) electrons. The third-order valence-electron chi connectivity index (χ3n) is 2.79. The minimum atomic E-state index is -0.491. The maximum absolute atomic E-state index is 11.3. The van der Waals surface area contributed by atoms with Gasteiger partial charge in [0.1, 0.15) is 5.69 Å². The molecular weight excluding hydrogens is 442 g/mol. The molecule has 2 rings (SSSR count). The monoisotopic (exact) mass is 457 g/mol. The van der Waals surface area contributed by atoms with Gasteiger partial charge in [-0.3, -0.25) is 4.79 Å². The van der Waals surface area contributed by atoms with Crippen molar-refractivity contribution < 1.29 is 14.3 Å². The summed E-state index contributed by atoms with van der Waals surface area (Å²) in [5.74, 6) is -0.859. The average molecular weight is 459 g/mol. The van der Waals surface area contributed by atoms with Crippen LogP contribution in [0.1, 0.15) is 39.0 Å². The number of aryl methyl sites for hydroxylation is 2. The van der Waals surface area contributed by atoms with E-state index in [1.54, 1.807) is 32.3 Å². The highest BCUT2D eigenvalue weighted by atomic mass is 79.9. The Labute approximate surface area is 157 Å². The fourth-order valence-electron chi connectivity index (χ4n) is 1.75.